The van der Waals surface area contributed by atoms with E-state index in [1.807, 2.05) is 0 Å². The maximum Gasteiger partial charge on any atom is 0.440 e. The fraction of sp³-hybridized carbons (Fsp3) is 0.167. The van der Waals surface area contributed by atoms with Crippen LogP contribution in [0.25, 0.3) is 0 Å². The predicted octanol–water partition coefficient (Wildman–Crippen LogP) is -0.379. The van der Waals surface area contributed by atoms with Crippen LogP contribution in [-0.2, 0) is 10.3 Å². The first-order chi connectivity index (χ1) is 5.91. The van der Waals surface area contributed by atoms with E-state index in [9.17, 15) is 8.42 Å². The highest BCUT2D eigenvalue weighted by Crippen LogP contribution is 2.54. The lowest BCUT2D eigenvalue weighted by molar-refractivity contribution is 0.342. The van der Waals surface area contributed by atoms with Crippen molar-refractivity contribution in [3.63, 3.8) is 0 Å². The van der Waals surface area contributed by atoms with Crippen molar-refractivity contribution >= 4 is 23.1 Å². The number of hydrogen-bond acceptors (Lipinski definition) is 5. The van der Waals surface area contributed by atoms with Crippen LogP contribution in [0, 0.1) is 0 Å². The van der Waals surface area contributed by atoms with E-state index in [1.54, 1.807) is 0 Å². The van der Waals surface area contributed by atoms with Gasteiger partial charge in [-0.05, 0) is 18.2 Å². The van der Waals surface area contributed by atoms with Crippen LogP contribution in [-0.4, -0.2) is 28.0 Å². The molecule has 13 heavy (non-hydrogen) atoms. The van der Waals surface area contributed by atoms with E-state index >= 15 is 0 Å². The molecule has 3 N–H and O–H groups in total. The molecule has 0 saturated carbocycles. The molecule has 1 aliphatic carbocycles. The molecule has 0 bridgehead atoms. The Morgan fingerprint density at radius 2 is 1.85 bits per heavy atom. The minimum Gasteiger partial charge on any atom is -0.189 e. The molecule has 0 saturated heterocycles. The highest BCUT2D eigenvalue weighted by atomic mass is 32.2. The lowest BCUT2D eigenvalue weighted by atomic mass is 10.2. The van der Waals surface area contributed by atoms with E-state index < -0.39 is 18.2 Å². The monoisotopic (exact) mass is 223 g/mol. The molecule has 1 aliphatic rings. The molecule has 0 fully saturated rings. The second-order valence-electron chi connectivity index (χ2n) is 2.44. The van der Waals surface area contributed by atoms with Gasteiger partial charge in [-0.25, -0.2) is 0 Å². The molecule has 0 radical (unpaired) electrons. The average molecular weight is 223 g/mol. The summed E-state index contributed by atoms with van der Waals surface area (Å²) in [7, 11) is -6.28. The maximum absolute atomic E-state index is 10.4. The lowest BCUT2D eigenvalue weighted by Gasteiger charge is -2.06. The summed E-state index contributed by atoms with van der Waals surface area (Å²) in [5.41, 5.74) is 0. The molecule has 0 heterocycles. The number of allylic oxidation sites excluding steroid dienone is 4. The van der Waals surface area contributed by atoms with Gasteiger partial charge in [-0.1, -0.05) is 0 Å². The van der Waals surface area contributed by atoms with Crippen molar-refractivity contribution in [2.24, 2.45) is 0 Å². The van der Waals surface area contributed by atoms with Gasteiger partial charge in [-0.2, -0.15) is 23.1 Å². The Morgan fingerprint density at radius 3 is 2.15 bits per heavy atom. The zero-order valence-electron chi connectivity index (χ0n) is 6.45. The third-order valence-corrected chi connectivity index (χ3v) is 3.27. The first-order valence-electron chi connectivity index (χ1n) is 3.32. The van der Waals surface area contributed by atoms with E-state index in [4.69, 9.17) is 14.7 Å². The van der Waals surface area contributed by atoms with Crippen molar-refractivity contribution in [3.05, 3.63) is 23.5 Å². The summed E-state index contributed by atoms with van der Waals surface area (Å²) in [6.45, 7) is 0. The van der Waals surface area contributed by atoms with Crippen LogP contribution in [0.15, 0.2) is 23.5 Å². The summed E-state index contributed by atoms with van der Waals surface area (Å²) in [6, 6.07) is 0. The Hall–Kier alpha value is -0.520. The van der Waals surface area contributed by atoms with E-state index in [2.05, 4.69) is 0 Å². The second kappa shape index (κ2) is 3.69. The van der Waals surface area contributed by atoms with Crippen molar-refractivity contribution in [2.75, 3.05) is 0 Å². The fourth-order valence-electron chi connectivity index (χ4n) is 0.866. The first-order valence-corrected chi connectivity index (χ1v) is 6.04. The van der Waals surface area contributed by atoms with Crippen molar-refractivity contribution < 1.29 is 23.1 Å². The van der Waals surface area contributed by atoms with Crippen LogP contribution in [0.3, 0.4) is 0 Å². The van der Waals surface area contributed by atoms with Crippen LogP contribution in [0.2, 0.25) is 0 Å². The Bertz CT molecular complexity index is 389. The van der Waals surface area contributed by atoms with E-state index in [1.165, 1.54) is 18.2 Å². The quantitative estimate of drug-likeness (QED) is 0.416. The summed E-state index contributed by atoms with van der Waals surface area (Å²) >= 11 is 0. The highest BCUT2D eigenvalue weighted by molar-refractivity contribution is 7.73. The molecule has 0 aromatic heterocycles. The van der Waals surface area contributed by atoms with Crippen LogP contribution in [0.5, 0.6) is 0 Å². The summed E-state index contributed by atoms with van der Waals surface area (Å²) in [5, 5.41) is -0.0262. The number of hydrogen-bond donors (Lipinski definition) is 3. The largest absolute Gasteiger partial charge is 0.440 e. The van der Waals surface area contributed by atoms with Gasteiger partial charge in [0.1, 0.15) is 0 Å². The normalized spacial score (nSPS) is 17.2. The Morgan fingerprint density at radius 1 is 1.23 bits per heavy atom. The SMILES string of the molecule is O=S(=O)=C1C=CC([P+](O)(O)O)=CC1. The fourth-order valence-corrected chi connectivity index (χ4v) is 1.87. The van der Waals surface area contributed by atoms with Gasteiger partial charge in [-0.3, -0.25) is 0 Å². The minimum atomic E-state index is -3.99. The molecule has 0 unspecified atom stereocenters. The second-order valence-corrected chi connectivity index (χ2v) is 5.08. The van der Waals surface area contributed by atoms with E-state index in [-0.39, 0.29) is 16.6 Å². The van der Waals surface area contributed by atoms with Crippen LogP contribution >= 0.6 is 7.94 Å². The first kappa shape index (κ1) is 10.6. The van der Waals surface area contributed by atoms with Crippen LogP contribution < -0.4 is 0 Å². The zero-order chi connectivity index (χ0) is 10.1. The molecule has 7 heteroatoms. The highest BCUT2D eigenvalue weighted by Gasteiger charge is 2.36. The zero-order valence-corrected chi connectivity index (χ0v) is 8.16. The molecule has 0 amide bonds. The average Bonchev–Trinajstić information content (AvgIpc) is 2.03. The topological polar surface area (TPSA) is 94.8 Å². The summed E-state index contributed by atoms with van der Waals surface area (Å²) < 4.78 is 20.8. The maximum atomic E-state index is 10.4. The van der Waals surface area contributed by atoms with E-state index in [0.29, 0.717) is 0 Å². The summed E-state index contributed by atoms with van der Waals surface area (Å²) in [5.74, 6) is 0. The molecule has 0 aliphatic heterocycles. The van der Waals surface area contributed by atoms with Crippen LogP contribution in [0.4, 0.5) is 0 Å². The van der Waals surface area contributed by atoms with Crippen LogP contribution in [0.1, 0.15) is 6.42 Å². The standard InChI is InChI=1S/C6H8O5PS/c7-12(8,9)5-1-3-6(4-2-5)13(10)11/h1-3,7-9H,4H2/q+1. The number of rotatable bonds is 1. The van der Waals surface area contributed by atoms with Gasteiger partial charge >= 0.3 is 7.94 Å². The van der Waals surface area contributed by atoms with Gasteiger partial charge in [0.25, 0.3) is 0 Å². The molecule has 0 atom stereocenters. The molecule has 0 aromatic rings. The summed E-state index contributed by atoms with van der Waals surface area (Å²) in [6.07, 6.45) is 3.77. The van der Waals surface area contributed by atoms with Crippen molar-refractivity contribution in [1.29, 1.82) is 0 Å². The van der Waals surface area contributed by atoms with Crippen molar-refractivity contribution in [3.8, 4) is 0 Å². The molecular weight excluding hydrogens is 215 g/mol. The van der Waals surface area contributed by atoms with Gasteiger partial charge < -0.3 is 0 Å². The smallest absolute Gasteiger partial charge is 0.189 e. The van der Waals surface area contributed by atoms with Gasteiger partial charge in [-0.15, -0.1) is 0 Å². The Balaban J connectivity index is 2.96. The van der Waals surface area contributed by atoms with Gasteiger partial charge in [0, 0.05) is 6.42 Å². The lowest BCUT2D eigenvalue weighted by Crippen LogP contribution is -2.01. The van der Waals surface area contributed by atoms with Crippen molar-refractivity contribution in [2.45, 2.75) is 6.42 Å². The molecular formula is C6H8O5PS+. The van der Waals surface area contributed by atoms with Gasteiger partial charge in [0.05, 0.1) is 4.86 Å². The van der Waals surface area contributed by atoms with E-state index in [0.717, 1.165) is 0 Å². The minimum absolute atomic E-state index is 0.0262. The Kier molecular flexibility index (Phi) is 3.00. The molecule has 5 nitrogen and oxygen atoms in total. The predicted molar refractivity (Wildman–Crippen MR) is 49.3 cm³/mol. The molecule has 0 spiro atoms. The molecule has 0 aromatic carbocycles. The Labute approximate surface area is 76.8 Å². The molecule has 1 rings (SSSR count). The van der Waals surface area contributed by atoms with Gasteiger partial charge in [0.2, 0.25) is 10.3 Å². The van der Waals surface area contributed by atoms with Crippen molar-refractivity contribution in [1.82, 2.24) is 0 Å². The van der Waals surface area contributed by atoms with Gasteiger partial charge in [0.15, 0.2) is 5.31 Å². The summed E-state index contributed by atoms with van der Waals surface area (Å²) in [4.78, 5) is 26.6. The third-order valence-electron chi connectivity index (χ3n) is 1.51. The molecule has 72 valence electrons. The third kappa shape index (κ3) is 2.72.